The molecule has 0 saturated carbocycles. The summed E-state index contributed by atoms with van der Waals surface area (Å²) in [5.74, 6) is 0.0434. The highest BCUT2D eigenvalue weighted by Gasteiger charge is 2.47. The standard InChI is InChI=1S/C27H32N2O7/c1-17-15-18(33-2)5-7-20(17)25(30)23-24(21-8-6-19(34-3)16-22(21)35-4)29(27(32)26(23)31)10-9-28-11-13-36-14-12-28/h5-8,15-16,24,30H,9-14H2,1-4H3/b25-23+/t24-/m0/s1. The van der Waals surface area contributed by atoms with E-state index in [1.54, 1.807) is 50.6 Å². The van der Waals surface area contributed by atoms with Gasteiger partial charge in [0.15, 0.2) is 0 Å². The molecular formula is C27H32N2O7. The van der Waals surface area contributed by atoms with E-state index in [1.807, 2.05) is 6.92 Å². The Kier molecular flexibility index (Phi) is 7.81. The zero-order valence-electron chi connectivity index (χ0n) is 21.1. The van der Waals surface area contributed by atoms with Crippen LogP contribution in [0.15, 0.2) is 42.0 Å². The van der Waals surface area contributed by atoms with Crippen LogP contribution in [-0.2, 0) is 14.3 Å². The molecule has 2 aromatic rings. The smallest absolute Gasteiger partial charge is 0.295 e. The van der Waals surface area contributed by atoms with E-state index in [0.717, 1.165) is 13.1 Å². The van der Waals surface area contributed by atoms with E-state index in [2.05, 4.69) is 4.90 Å². The predicted octanol–water partition coefficient (Wildman–Crippen LogP) is 2.77. The number of ketones is 1. The molecule has 192 valence electrons. The summed E-state index contributed by atoms with van der Waals surface area (Å²) < 4.78 is 21.7. The molecule has 1 N–H and O–H groups in total. The second-order valence-electron chi connectivity index (χ2n) is 8.74. The summed E-state index contributed by atoms with van der Waals surface area (Å²) in [4.78, 5) is 30.4. The third kappa shape index (κ3) is 4.89. The molecule has 2 fully saturated rings. The van der Waals surface area contributed by atoms with Crippen molar-refractivity contribution in [2.24, 2.45) is 0 Å². The lowest BCUT2D eigenvalue weighted by Gasteiger charge is -2.31. The van der Waals surface area contributed by atoms with Crippen molar-refractivity contribution in [1.82, 2.24) is 9.80 Å². The second kappa shape index (κ2) is 11.0. The normalized spacial score (nSPS) is 20.0. The summed E-state index contributed by atoms with van der Waals surface area (Å²) in [6.07, 6.45) is 0. The molecule has 9 nitrogen and oxygen atoms in total. The quantitative estimate of drug-likeness (QED) is 0.339. The van der Waals surface area contributed by atoms with Gasteiger partial charge < -0.3 is 29.0 Å². The van der Waals surface area contributed by atoms with Crippen molar-refractivity contribution < 1.29 is 33.6 Å². The van der Waals surface area contributed by atoms with Crippen molar-refractivity contribution in [2.75, 3.05) is 60.7 Å². The van der Waals surface area contributed by atoms with E-state index >= 15 is 0 Å². The van der Waals surface area contributed by atoms with E-state index in [9.17, 15) is 14.7 Å². The summed E-state index contributed by atoms with van der Waals surface area (Å²) >= 11 is 0. The summed E-state index contributed by atoms with van der Waals surface area (Å²) in [7, 11) is 4.63. The van der Waals surface area contributed by atoms with Crippen molar-refractivity contribution in [1.29, 1.82) is 0 Å². The number of benzene rings is 2. The van der Waals surface area contributed by atoms with Crippen LogP contribution in [0.5, 0.6) is 17.2 Å². The Labute approximate surface area is 210 Å². The Morgan fingerprint density at radius 2 is 1.64 bits per heavy atom. The minimum atomic E-state index is -0.826. The van der Waals surface area contributed by atoms with Gasteiger partial charge in [0.05, 0.1) is 46.2 Å². The first-order chi connectivity index (χ1) is 17.4. The van der Waals surface area contributed by atoms with Gasteiger partial charge in [-0.3, -0.25) is 14.5 Å². The van der Waals surface area contributed by atoms with Crippen LogP contribution in [0.3, 0.4) is 0 Å². The number of ether oxygens (including phenoxy) is 4. The van der Waals surface area contributed by atoms with Gasteiger partial charge in [0.1, 0.15) is 23.0 Å². The highest BCUT2D eigenvalue weighted by molar-refractivity contribution is 6.46. The number of hydrogen-bond acceptors (Lipinski definition) is 8. The Morgan fingerprint density at radius 3 is 2.28 bits per heavy atom. The number of hydrogen-bond donors (Lipinski definition) is 1. The minimum absolute atomic E-state index is 0.0266. The molecule has 1 amide bonds. The van der Waals surface area contributed by atoms with Crippen molar-refractivity contribution in [2.45, 2.75) is 13.0 Å². The second-order valence-corrected chi connectivity index (χ2v) is 8.74. The van der Waals surface area contributed by atoms with Gasteiger partial charge >= 0.3 is 0 Å². The third-order valence-corrected chi connectivity index (χ3v) is 6.72. The maximum absolute atomic E-state index is 13.4. The number of amides is 1. The third-order valence-electron chi connectivity index (χ3n) is 6.72. The Balaban J connectivity index is 1.82. The molecule has 2 aliphatic heterocycles. The fourth-order valence-corrected chi connectivity index (χ4v) is 4.73. The molecule has 0 aromatic heterocycles. The number of aryl methyl sites for hydroxylation is 1. The molecule has 0 bridgehead atoms. The number of carbonyl (C=O) groups excluding carboxylic acids is 2. The molecule has 0 spiro atoms. The van der Waals surface area contributed by atoms with Crippen molar-refractivity contribution >= 4 is 17.4 Å². The molecule has 4 rings (SSSR count). The van der Waals surface area contributed by atoms with Gasteiger partial charge in [-0.25, -0.2) is 0 Å². The van der Waals surface area contributed by atoms with Crippen LogP contribution >= 0.6 is 0 Å². The molecule has 0 radical (unpaired) electrons. The van der Waals surface area contributed by atoms with Crippen molar-refractivity contribution in [3.8, 4) is 17.2 Å². The number of likely N-dealkylation sites (tertiary alicyclic amines) is 1. The fourth-order valence-electron chi connectivity index (χ4n) is 4.73. The van der Waals surface area contributed by atoms with Gasteiger partial charge in [-0.15, -0.1) is 0 Å². The van der Waals surface area contributed by atoms with Gasteiger partial charge in [-0.2, -0.15) is 0 Å². The molecule has 2 heterocycles. The number of aliphatic hydroxyl groups excluding tert-OH is 1. The minimum Gasteiger partial charge on any atom is -0.507 e. The van der Waals surface area contributed by atoms with Gasteiger partial charge in [-0.05, 0) is 42.8 Å². The topological polar surface area (TPSA) is 97.8 Å². The van der Waals surface area contributed by atoms with E-state index < -0.39 is 17.7 Å². The molecule has 2 aromatic carbocycles. The zero-order chi connectivity index (χ0) is 25.8. The molecule has 9 heteroatoms. The molecular weight excluding hydrogens is 464 g/mol. The molecule has 1 atom stereocenters. The fraction of sp³-hybridized carbons (Fsp3) is 0.407. The zero-order valence-corrected chi connectivity index (χ0v) is 21.1. The van der Waals surface area contributed by atoms with E-state index in [0.29, 0.717) is 60.2 Å². The van der Waals surface area contributed by atoms with Crippen LogP contribution in [0.2, 0.25) is 0 Å². The first-order valence-electron chi connectivity index (χ1n) is 11.8. The lowest BCUT2D eigenvalue weighted by molar-refractivity contribution is -0.140. The molecule has 2 saturated heterocycles. The van der Waals surface area contributed by atoms with E-state index in [-0.39, 0.29) is 11.3 Å². The monoisotopic (exact) mass is 496 g/mol. The summed E-state index contributed by atoms with van der Waals surface area (Å²) in [6, 6.07) is 9.56. The number of nitrogens with zero attached hydrogens (tertiary/aromatic N) is 2. The van der Waals surface area contributed by atoms with Crippen LogP contribution in [0.1, 0.15) is 22.7 Å². The molecule has 0 unspecified atom stereocenters. The average molecular weight is 497 g/mol. The van der Waals surface area contributed by atoms with Crippen LogP contribution < -0.4 is 14.2 Å². The van der Waals surface area contributed by atoms with Gasteiger partial charge in [0, 0.05) is 43.4 Å². The Morgan fingerprint density at radius 1 is 0.972 bits per heavy atom. The van der Waals surface area contributed by atoms with Gasteiger partial charge in [0.2, 0.25) is 0 Å². The summed E-state index contributed by atoms with van der Waals surface area (Å²) in [5.41, 5.74) is 1.79. The van der Waals surface area contributed by atoms with Crippen LogP contribution in [0.4, 0.5) is 0 Å². The van der Waals surface area contributed by atoms with Crippen molar-refractivity contribution in [3.63, 3.8) is 0 Å². The van der Waals surface area contributed by atoms with E-state index in [4.69, 9.17) is 18.9 Å². The Bertz CT molecular complexity index is 1170. The maximum Gasteiger partial charge on any atom is 0.295 e. The predicted molar refractivity (Wildman–Crippen MR) is 134 cm³/mol. The largest absolute Gasteiger partial charge is 0.507 e. The maximum atomic E-state index is 13.4. The molecule has 0 aliphatic carbocycles. The number of rotatable bonds is 8. The molecule has 2 aliphatic rings. The average Bonchev–Trinajstić information content (AvgIpc) is 3.16. The Hall–Kier alpha value is -3.56. The lowest BCUT2D eigenvalue weighted by Crippen LogP contribution is -2.42. The van der Waals surface area contributed by atoms with Gasteiger partial charge in [-0.1, -0.05) is 0 Å². The van der Waals surface area contributed by atoms with Gasteiger partial charge in [0.25, 0.3) is 11.7 Å². The lowest BCUT2D eigenvalue weighted by atomic mass is 9.93. The highest BCUT2D eigenvalue weighted by atomic mass is 16.5. The summed E-state index contributed by atoms with van der Waals surface area (Å²) in [5, 5.41) is 11.4. The number of carbonyl (C=O) groups is 2. The van der Waals surface area contributed by atoms with Crippen molar-refractivity contribution in [3.05, 3.63) is 58.7 Å². The SMILES string of the molecule is COc1ccc(/C(O)=C2\C(=O)C(=O)N(CCN3CCOCC3)[C@H]2c2ccc(OC)cc2OC)c(C)c1. The number of Topliss-reactive ketones (excluding diaryl/α,β-unsaturated/α-hetero) is 1. The number of methoxy groups -OCH3 is 3. The van der Waals surface area contributed by atoms with Crippen LogP contribution in [-0.4, -0.2) is 87.3 Å². The summed E-state index contributed by atoms with van der Waals surface area (Å²) in [6.45, 7) is 5.47. The highest BCUT2D eigenvalue weighted by Crippen LogP contribution is 2.44. The first kappa shape index (κ1) is 25.5. The number of aliphatic hydroxyl groups is 1. The first-order valence-corrected chi connectivity index (χ1v) is 11.8. The molecule has 36 heavy (non-hydrogen) atoms. The van der Waals surface area contributed by atoms with Crippen LogP contribution in [0, 0.1) is 6.92 Å². The van der Waals surface area contributed by atoms with Crippen LogP contribution in [0.25, 0.3) is 5.76 Å². The number of morpholine rings is 1. The van der Waals surface area contributed by atoms with E-state index in [1.165, 1.54) is 12.0 Å².